The molecule has 2 fully saturated rings. The van der Waals surface area contributed by atoms with Gasteiger partial charge in [-0.2, -0.15) is 5.10 Å². The van der Waals surface area contributed by atoms with Gasteiger partial charge in [0.2, 0.25) is 0 Å². The van der Waals surface area contributed by atoms with E-state index in [1.54, 1.807) is 11.2 Å². The Morgan fingerprint density at radius 1 is 1.22 bits per heavy atom. The third-order valence-corrected chi connectivity index (χ3v) is 3.76. The van der Waals surface area contributed by atoms with E-state index in [9.17, 15) is 0 Å². The molecule has 3 rings (SSSR count). The lowest BCUT2D eigenvalue weighted by atomic mass is 10.1. The van der Waals surface area contributed by atoms with E-state index >= 15 is 0 Å². The normalized spacial score (nSPS) is 32.3. The zero-order chi connectivity index (χ0) is 16.4. The minimum absolute atomic E-state index is 0.257. The molecule has 0 bridgehead atoms. The Bertz CT molecular complexity index is 547. The maximum atomic E-state index is 6.10. The van der Waals surface area contributed by atoms with Crippen LogP contribution in [0.5, 0.6) is 0 Å². The third kappa shape index (κ3) is 3.90. The summed E-state index contributed by atoms with van der Waals surface area (Å²) in [5, 5.41) is 5.99. The Morgan fingerprint density at radius 3 is 2.65 bits per heavy atom. The van der Waals surface area contributed by atoms with E-state index in [-0.39, 0.29) is 18.3 Å². The van der Waals surface area contributed by atoms with E-state index in [0.717, 1.165) is 5.56 Å². The van der Waals surface area contributed by atoms with Crippen molar-refractivity contribution < 1.29 is 18.9 Å². The molecular weight excluding hydrogens is 296 g/mol. The summed E-state index contributed by atoms with van der Waals surface area (Å²) in [4.78, 5) is 0. The van der Waals surface area contributed by atoms with Crippen molar-refractivity contribution in [3.05, 3.63) is 35.9 Å². The SMILES string of the molecule is CN(C)/N=C/[C@H]1O[C@@H]2OC(C)(C)O[C@@H]2[C@H]1OCc1ccccc1. The Hall–Kier alpha value is -1.47. The fourth-order valence-electron chi connectivity index (χ4n) is 2.78. The van der Waals surface area contributed by atoms with Crippen molar-refractivity contribution in [1.82, 2.24) is 5.01 Å². The number of benzene rings is 1. The highest BCUT2D eigenvalue weighted by atomic mass is 16.8. The molecule has 2 saturated heterocycles. The van der Waals surface area contributed by atoms with Gasteiger partial charge in [-0.3, -0.25) is 0 Å². The van der Waals surface area contributed by atoms with Gasteiger partial charge < -0.3 is 24.0 Å². The second-order valence-electron chi connectivity index (χ2n) is 6.44. The lowest BCUT2D eigenvalue weighted by molar-refractivity contribution is -0.210. The minimum Gasteiger partial charge on any atom is -0.367 e. The largest absolute Gasteiger partial charge is 0.367 e. The van der Waals surface area contributed by atoms with Gasteiger partial charge >= 0.3 is 0 Å². The first-order valence-corrected chi connectivity index (χ1v) is 7.83. The van der Waals surface area contributed by atoms with Crippen LogP contribution in [-0.2, 0) is 25.6 Å². The molecule has 1 aromatic carbocycles. The maximum Gasteiger partial charge on any atom is 0.190 e. The molecule has 0 spiro atoms. The van der Waals surface area contributed by atoms with E-state index in [2.05, 4.69) is 5.10 Å². The highest BCUT2D eigenvalue weighted by Crippen LogP contribution is 2.38. The van der Waals surface area contributed by atoms with Gasteiger partial charge in [-0.15, -0.1) is 0 Å². The topological polar surface area (TPSA) is 52.5 Å². The monoisotopic (exact) mass is 320 g/mol. The predicted molar refractivity (Wildman–Crippen MR) is 85.9 cm³/mol. The Labute approximate surface area is 137 Å². The molecule has 0 radical (unpaired) electrons. The number of hydrogen-bond donors (Lipinski definition) is 0. The van der Waals surface area contributed by atoms with E-state index in [1.807, 2.05) is 58.3 Å². The van der Waals surface area contributed by atoms with Gasteiger partial charge in [-0.05, 0) is 19.4 Å². The molecule has 0 aromatic heterocycles. The van der Waals surface area contributed by atoms with Crippen molar-refractivity contribution in [3.63, 3.8) is 0 Å². The van der Waals surface area contributed by atoms with Crippen molar-refractivity contribution in [3.8, 4) is 0 Å². The third-order valence-electron chi connectivity index (χ3n) is 3.76. The van der Waals surface area contributed by atoms with Crippen LogP contribution in [-0.4, -0.2) is 55.7 Å². The van der Waals surface area contributed by atoms with Crippen LogP contribution < -0.4 is 0 Å². The number of rotatable bonds is 5. The molecule has 126 valence electrons. The number of nitrogens with zero attached hydrogens (tertiary/aromatic N) is 2. The Kier molecular flexibility index (Phi) is 4.68. The average molecular weight is 320 g/mol. The van der Waals surface area contributed by atoms with Crippen LogP contribution in [0.15, 0.2) is 35.4 Å². The lowest BCUT2D eigenvalue weighted by Crippen LogP contribution is -2.37. The van der Waals surface area contributed by atoms with Gasteiger partial charge in [0.05, 0.1) is 12.8 Å². The summed E-state index contributed by atoms with van der Waals surface area (Å²) >= 11 is 0. The van der Waals surface area contributed by atoms with Crippen LogP contribution in [0.2, 0.25) is 0 Å². The quantitative estimate of drug-likeness (QED) is 0.613. The van der Waals surface area contributed by atoms with Gasteiger partial charge in [0.25, 0.3) is 0 Å². The first kappa shape index (κ1) is 16.4. The first-order chi connectivity index (χ1) is 10.9. The van der Waals surface area contributed by atoms with Crippen LogP contribution in [0.1, 0.15) is 19.4 Å². The standard InChI is InChI=1S/C17H24N2O4/c1-17(2)22-15-14(20-11-12-8-6-5-7-9-12)13(10-18-19(3)4)21-16(15)23-17/h5-10,13-16H,11H2,1-4H3/b18-10+/t13-,14+,15-,16-/m1/s1. The van der Waals surface area contributed by atoms with Crippen molar-refractivity contribution in [2.75, 3.05) is 14.1 Å². The molecule has 2 heterocycles. The van der Waals surface area contributed by atoms with Crippen LogP contribution in [0.25, 0.3) is 0 Å². The number of fused-ring (bicyclic) bond motifs is 1. The van der Waals surface area contributed by atoms with E-state index in [0.29, 0.717) is 6.61 Å². The van der Waals surface area contributed by atoms with Gasteiger partial charge in [-0.25, -0.2) is 0 Å². The molecule has 1 aromatic rings. The molecular formula is C17H24N2O4. The second-order valence-corrected chi connectivity index (χ2v) is 6.44. The number of hydrogen-bond acceptors (Lipinski definition) is 6. The zero-order valence-electron chi connectivity index (χ0n) is 14.0. The lowest BCUT2D eigenvalue weighted by Gasteiger charge is -2.24. The number of hydrazone groups is 1. The molecule has 0 amide bonds. The average Bonchev–Trinajstić information content (AvgIpc) is 2.95. The van der Waals surface area contributed by atoms with E-state index < -0.39 is 12.1 Å². The van der Waals surface area contributed by atoms with Gasteiger partial charge in [0.15, 0.2) is 12.1 Å². The smallest absolute Gasteiger partial charge is 0.190 e. The summed E-state index contributed by atoms with van der Waals surface area (Å²) in [5.74, 6) is -0.659. The van der Waals surface area contributed by atoms with Crippen LogP contribution >= 0.6 is 0 Å². The molecule has 6 nitrogen and oxygen atoms in total. The summed E-state index contributed by atoms with van der Waals surface area (Å²) in [7, 11) is 3.73. The van der Waals surface area contributed by atoms with Gasteiger partial charge in [0.1, 0.15) is 18.3 Å². The highest BCUT2D eigenvalue weighted by Gasteiger charge is 2.55. The summed E-state index contributed by atoms with van der Waals surface area (Å²) < 4.78 is 23.8. The molecule has 0 aliphatic carbocycles. The van der Waals surface area contributed by atoms with E-state index in [1.165, 1.54) is 0 Å². The molecule has 0 saturated carbocycles. The van der Waals surface area contributed by atoms with Crippen molar-refractivity contribution in [2.45, 2.75) is 50.8 Å². The van der Waals surface area contributed by atoms with Gasteiger partial charge in [-0.1, -0.05) is 30.3 Å². The predicted octanol–water partition coefficient (Wildman–Crippen LogP) is 2.00. The zero-order valence-corrected chi connectivity index (χ0v) is 14.0. The Morgan fingerprint density at radius 2 is 1.96 bits per heavy atom. The summed E-state index contributed by atoms with van der Waals surface area (Å²) in [6.07, 6.45) is 0.503. The van der Waals surface area contributed by atoms with Crippen molar-refractivity contribution in [2.24, 2.45) is 5.10 Å². The maximum absolute atomic E-state index is 6.10. The Balaban J connectivity index is 1.71. The van der Waals surface area contributed by atoms with Crippen LogP contribution in [0, 0.1) is 0 Å². The number of ether oxygens (including phenoxy) is 4. The molecule has 0 unspecified atom stereocenters. The second kappa shape index (κ2) is 6.57. The van der Waals surface area contributed by atoms with Crippen LogP contribution in [0.4, 0.5) is 0 Å². The van der Waals surface area contributed by atoms with Crippen molar-refractivity contribution >= 4 is 6.21 Å². The van der Waals surface area contributed by atoms with Gasteiger partial charge in [0, 0.05) is 14.1 Å². The van der Waals surface area contributed by atoms with E-state index in [4.69, 9.17) is 18.9 Å². The summed E-state index contributed by atoms with van der Waals surface area (Å²) in [5.41, 5.74) is 1.11. The fraction of sp³-hybridized carbons (Fsp3) is 0.588. The first-order valence-electron chi connectivity index (χ1n) is 7.83. The minimum atomic E-state index is -0.659. The molecule has 2 aliphatic heterocycles. The van der Waals surface area contributed by atoms with Crippen LogP contribution in [0.3, 0.4) is 0 Å². The summed E-state index contributed by atoms with van der Waals surface area (Å²) in [6, 6.07) is 10.0. The van der Waals surface area contributed by atoms with Crippen molar-refractivity contribution in [1.29, 1.82) is 0 Å². The molecule has 2 aliphatic rings. The summed E-state index contributed by atoms with van der Waals surface area (Å²) in [6.45, 7) is 4.26. The fourth-order valence-corrected chi connectivity index (χ4v) is 2.78. The molecule has 23 heavy (non-hydrogen) atoms. The molecule has 4 atom stereocenters. The highest BCUT2D eigenvalue weighted by molar-refractivity contribution is 5.64. The molecule has 6 heteroatoms. The molecule has 0 N–H and O–H groups in total.